The van der Waals surface area contributed by atoms with Gasteiger partial charge in [0, 0.05) is 73.7 Å². The van der Waals surface area contributed by atoms with Gasteiger partial charge >= 0.3 is 0 Å². The number of piperidine rings is 1. The molecule has 2 aliphatic heterocycles. The van der Waals surface area contributed by atoms with Gasteiger partial charge in [0.05, 0.1) is 5.69 Å². The molecule has 7 heteroatoms. The molecular weight excluding hydrogens is 474 g/mol. The van der Waals surface area contributed by atoms with Crippen molar-refractivity contribution in [1.29, 1.82) is 0 Å². The number of nitrogens with zero attached hydrogens (tertiary/aromatic N) is 4. The number of carbonyl (C=O) groups is 1. The Bertz CT molecular complexity index is 1330. The fourth-order valence-electron chi connectivity index (χ4n) is 6.80. The molecule has 1 unspecified atom stereocenters. The number of H-pyrrole nitrogens is 1. The zero-order valence-corrected chi connectivity index (χ0v) is 23.0. The van der Waals surface area contributed by atoms with Crippen LogP contribution in [0.1, 0.15) is 74.8 Å². The highest BCUT2D eigenvalue weighted by Crippen LogP contribution is 2.52. The number of benzene rings is 1. The SMILES string of the molecule is CC(=O)N1CCC(c2cc(-c3cncc(C(O)(c4ccc(C5(C)CC5)cc4)C4(C)CN(C)C4)c3)n[nH]2)CC1. The Morgan fingerprint density at radius 1 is 1.05 bits per heavy atom. The minimum atomic E-state index is -1.18. The van der Waals surface area contributed by atoms with Gasteiger partial charge in [0.15, 0.2) is 0 Å². The molecule has 2 saturated heterocycles. The highest BCUT2D eigenvalue weighted by Gasteiger charge is 2.55. The average Bonchev–Trinajstić information content (AvgIpc) is 3.47. The summed E-state index contributed by atoms with van der Waals surface area (Å²) in [6.07, 6.45) is 7.96. The van der Waals surface area contributed by atoms with Crippen molar-refractivity contribution in [3.8, 4) is 11.3 Å². The number of hydrogen-bond donors (Lipinski definition) is 2. The molecule has 1 saturated carbocycles. The van der Waals surface area contributed by atoms with Crippen LogP contribution in [0, 0.1) is 5.41 Å². The van der Waals surface area contributed by atoms with Crippen molar-refractivity contribution in [3.05, 3.63) is 71.2 Å². The second-order valence-corrected chi connectivity index (χ2v) is 12.5. The zero-order chi connectivity index (χ0) is 26.7. The zero-order valence-electron chi connectivity index (χ0n) is 23.0. The van der Waals surface area contributed by atoms with Crippen LogP contribution in [0.3, 0.4) is 0 Å². The summed E-state index contributed by atoms with van der Waals surface area (Å²) in [4.78, 5) is 20.5. The predicted octanol–water partition coefficient (Wildman–Crippen LogP) is 4.44. The van der Waals surface area contributed by atoms with E-state index in [1.54, 1.807) is 6.92 Å². The van der Waals surface area contributed by atoms with Crippen molar-refractivity contribution in [2.75, 3.05) is 33.2 Å². The summed E-state index contributed by atoms with van der Waals surface area (Å²) in [5.41, 5.74) is 4.67. The van der Waals surface area contributed by atoms with Gasteiger partial charge in [-0.15, -0.1) is 0 Å². The lowest BCUT2D eigenvalue weighted by molar-refractivity contribution is -0.129. The smallest absolute Gasteiger partial charge is 0.219 e. The van der Waals surface area contributed by atoms with Crippen LogP contribution in [-0.4, -0.2) is 69.2 Å². The topological polar surface area (TPSA) is 85.3 Å². The average molecular weight is 514 g/mol. The summed E-state index contributed by atoms with van der Waals surface area (Å²) in [5.74, 6) is 0.503. The van der Waals surface area contributed by atoms with E-state index in [-0.39, 0.29) is 11.3 Å². The van der Waals surface area contributed by atoms with Crippen LogP contribution >= 0.6 is 0 Å². The number of aromatic amines is 1. The van der Waals surface area contributed by atoms with E-state index in [1.807, 2.05) is 17.3 Å². The Morgan fingerprint density at radius 2 is 1.74 bits per heavy atom. The van der Waals surface area contributed by atoms with Gasteiger partial charge in [0.25, 0.3) is 0 Å². The Labute approximate surface area is 225 Å². The number of aromatic nitrogens is 3. The summed E-state index contributed by atoms with van der Waals surface area (Å²) in [6.45, 7) is 9.30. The van der Waals surface area contributed by atoms with Gasteiger partial charge < -0.3 is 14.9 Å². The second-order valence-electron chi connectivity index (χ2n) is 12.5. The molecule has 6 rings (SSSR count). The van der Waals surface area contributed by atoms with Crippen LogP contribution in [0.5, 0.6) is 0 Å². The van der Waals surface area contributed by atoms with E-state index in [4.69, 9.17) is 0 Å². The molecule has 0 bridgehead atoms. The molecule has 0 spiro atoms. The number of hydrogen-bond acceptors (Lipinski definition) is 5. The summed E-state index contributed by atoms with van der Waals surface area (Å²) in [6, 6.07) is 12.8. The number of pyridine rings is 1. The van der Waals surface area contributed by atoms with Gasteiger partial charge in [-0.25, -0.2) is 0 Å². The van der Waals surface area contributed by atoms with E-state index in [9.17, 15) is 9.90 Å². The molecule has 1 aromatic carbocycles. The van der Waals surface area contributed by atoms with Crippen molar-refractivity contribution in [2.45, 2.75) is 63.4 Å². The molecule has 3 aliphatic rings. The molecule has 38 heavy (non-hydrogen) atoms. The fraction of sp³-hybridized carbons (Fsp3) is 0.516. The summed E-state index contributed by atoms with van der Waals surface area (Å²) in [7, 11) is 2.10. The summed E-state index contributed by atoms with van der Waals surface area (Å²) >= 11 is 0. The molecule has 1 amide bonds. The lowest BCUT2D eigenvalue weighted by atomic mass is 9.62. The maximum absolute atomic E-state index is 12.6. The first-order chi connectivity index (χ1) is 18.1. The van der Waals surface area contributed by atoms with Crippen LogP contribution in [0.4, 0.5) is 0 Å². The van der Waals surface area contributed by atoms with E-state index in [2.05, 4.69) is 77.4 Å². The minimum absolute atomic E-state index is 0.145. The summed E-state index contributed by atoms with van der Waals surface area (Å²) < 4.78 is 0. The summed E-state index contributed by atoms with van der Waals surface area (Å²) in [5, 5.41) is 20.5. The van der Waals surface area contributed by atoms with Gasteiger partial charge in [-0.05, 0) is 61.4 Å². The van der Waals surface area contributed by atoms with Crippen LogP contribution in [-0.2, 0) is 15.8 Å². The first-order valence-electron chi connectivity index (χ1n) is 13.9. The van der Waals surface area contributed by atoms with Gasteiger partial charge in [-0.3, -0.25) is 14.9 Å². The molecule has 1 aliphatic carbocycles. The van der Waals surface area contributed by atoms with E-state index in [0.29, 0.717) is 11.3 Å². The molecule has 7 nitrogen and oxygen atoms in total. The highest BCUT2D eigenvalue weighted by molar-refractivity contribution is 5.73. The fourth-order valence-corrected chi connectivity index (χ4v) is 6.80. The van der Waals surface area contributed by atoms with Crippen molar-refractivity contribution in [3.63, 3.8) is 0 Å². The van der Waals surface area contributed by atoms with E-state index < -0.39 is 5.60 Å². The quantitative estimate of drug-likeness (QED) is 0.509. The van der Waals surface area contributed by atoms with Crippen LogP contribution < -0.4 is 0 Å². The third-order valence-corrected chi connectivity index (χ3v) is 9.54. The highest BCUT2D eigenvalue weighted by atomic mass is 16.3. The third kappa shape index (κ3) is 4.16. The van der Waals surface area contributed by atoms with Crippen molar-refractivity contribution >= 4 is 5.91 Å². The van der Waals surface area contributed by atoms with Gasteiger partial charge in [0.1, 0.15) is 5.60 Å². The van der Waals surface area contributed by atoms with Crippen LogP contribution in [0.15, 0.2) is 48.8 Å². The second kappa shape index (κ2) is 9.02. The first kappa shape index (κ1) is 25.3. The van der Waals surface area contributed by atoms with Crippen molar-refractivity contribution in [2.24, 2.45) is 5.41 Å². The van der Waals surface area contributed by atoms with Crippen molar-refractivity contribution < 1.29 is 9.90 Å². The Morgan fingerprint density at radius 3 is 2.34 bits per heavy atom. The molecule has 2 N–H and O–H groups in total. The largest absolute Gasteiger partial charge is 0.380 e. The molecule has 2 aromatic heterocycles. The van der Waals surface area contributed by atoms with Gasteiger partial charge in [0.2, 0.25) is 5.91 Å². The van der Waals surface area contributed by atoms with E-state index in [0.717, 1.165) is 67.1 Å². The number of aliphatic hydroxyl groups is 1. The monoisotopic (exact) mass is 513 g/mol. The molecule has 0 radical (unpaired) electrons. The number of likely N-dealkylation sites (tertiary alicyclic amines) is 2. The Hall–Kier alpha value is -3.03. The lowest BCUT2D eigenvalue weighted by Crippen LogP contribution is -2.63. The lowest BCUT2D eigenvalue weighted by Gasteiger charge is -2.55. The van der Waals surface area contributed by atoms with Gasteiger partial charge in [-0.1, -0.05) is 38.1 Å². The molecule has 4 heterocycles. The van der Waals surface area contributed by atoms with Crippen LogP contribution in [0.25, 0.3) is 11.3 Å². The molecule has 200 valence electrons. The predicted molar refractivity (Wildman–Crippen MR) is 148 cm³/mol. The number of nitrogens with one attached hydrogen (secondary N) is 1. The molecular formula is C31H39N5O2. The standard InChI is InChI=1S/C31H39N5O2/c1-21(37)36-13-9-22(10-14-36)27-16-28(34-33-27)23-15-26(18-32-17-23)31(38,30(3)19-35(4)20-30)25-7-5-24(6-8-25)29(2)11-12-29/h5-8,15-18,22,38H,9-14,19-20H2,1-4H3,(H,33,34). The van der Waals surface area contributed by atoms with Crippen LogP contribution in [0.2, 0.25) is 0 Å². The maximum atomic E-state index is 12.6. The van der Waals surface area contributed by atoms with Gasteiger partial charge in [-0.2, -0.15) is 5.10 Å². The van der Waals surface area contributed by atoms with E-state index >= 15 is 0 Å². The normalized spacial score (nSPS) is 22.5. The minimum Gasteiger partial charge on any atom is -0.380 e. The number of carbonyl (C=O) groups excluding carboxylic acids is 1. The Kier molecular flexibility index (Phi) is 6.00. The third-order valence-electron chi connectivity index (χ3n) is 9.54. The van der Waals surface area contributed by atoms with E-state index in [1.165, 1.54) is 18.4 Å². The first-order valence-corrected chi connectivity index (χ1v) is 13.9. The number of rotatable bonds is 6. The molecule has 1 atom stereocenters. The molecule has 3 fully saturated rings. The molecule has 3 aromatic rings. The Balaban J connectivity index is 1.31. The maximum Gasteiger partial charge on any atom is 0.219 e. The number of amides is 1. The van der Waals surface area contributed by atoms with Crippen molar-refractivity contribution in [1.82, 2.24) is 25.0 Å².